The van der Waals surface area contributed by atoms with Crippen molar-refractivity contribution in [2.24, 2.45) is 0 Å². The van der Waals surface area contributed by atoms with Crippen LogP contribution < -0.4 is 5.32 Å². The summed E-state index contributed by atoms with van der Waals surface area (Å²) in [7, 11) is -2.38. The molecule has 1 atom stereocenters. The number of hydrogen-bond acceptors (Lipinski definition) is 3. The number of sulfonamides is 1. The lowest BCUT2D eigenvalue weighted by molar-refractivity contribution is 0.299. The number of piperidine rings is 1. The van der Waals surface area contributed by atoms with Crippen molar-refractivity contribution in [1.82, 2.24) is 9.62 Å². The van der Waals surface area contributed by atoms with Crippen LogP contribution in [0.1, 0.15) is 12.8 Å². The molecule has 2 rings (SSSR count). The minimum Gasteiger partial charge on any atom is -0.315 e. The van der Waals surface area contributed by atoms with Crippen LogP contribution in [0.15, 0.2) is 23.1 Å². The van der Waals surface area contributed by atoms with Gasteiger partial charge in [-0.25, -0.2) is 12.8 Å². The number of rotatable bonds is 3. The molecule has 106 valence electrons. The van der Waals surface area contributed by atoms with Gasteiger partial charge in [-0.1, -0.05) is 17.7 Å². The van der Waals surface area contributed by atoms with Gasteiger partial charge in [0.15, 0.2) is 5.82 Å². The monoisotopic (exact) mass is 306 g/mol. The van der Waals surface area contributed by atoms with Crippen molar-refractivity contribution in [3.8, 4) is 0 Å². The largest absolute Gasteiger partial charge is 0.315 e. The molecular weight excluding hydrogens is 291 g/mol. The molecule has 1 N–H and O–H groups in total. The third-order valence-corrected chi connectivity index (χ3v) is 5.58. The summed E-state index contributed by atoms with van der Waals surface area (Å²) in [6.45, 7) is 1.47. The zero-order valence-electron chi connectivity index (χ0n) is 10.6. The van der Waals surface area contributed by atoms with Crippen molar-refractivity contribution in [3.63, 3.8) is 0 Å². The first-order valence-corrected chi connectivity index (χ1v) is 7.89. The third-order valence-electron chi connectivity index (χ3n) is 3.36. The van der Waals surface area contributed by atoms with Gasteiger partial charge in [0.05, 0.1) is 5.02 Å². The fourth-order valence-corrected chi connectivity index (χ4v) is 3.88. The van der Waals surface area contributed by atoms with E-state index in [4.69, 9.17) is 11.6 Å². The second-order valence-electron chi connectivity index (χ2n) is 4.57. The van der Waals surface area contributed by atoms with Crippen LogP contribution in [0.3, 0.4) is 0 Å². The molecule has 0 saturated carbocycles. The normalized spacial score (nSPS) is 20.7. The average Bonchev–Trinajstić information content (AvgIpc) is 2.41. The van der Waals surface area contributed by atoms with E-state index in [1.165, 1.54) is 29.6 Å². The minimum atomic E-state index is -3.86. The number of hydrogen-bond donors (Lipinski definition) is 1. The molecule has 0 aromatic heterocycles. The summed E-state index contributed by atoms with van der Waals surface area (Å²) in [6, 6.07) is 3.85. The number of likely N-dealkylation sites (N-methyl/N-ethyl adjacent to an activating group) is 1. The molecule has 0 amide bonds. The predicted molar refractivity (Wildman–Crippen MR) is 72.3 cm³/mol. The molecule has 0 aliphatic carbocycles. The smallest absolute Gasteiger partial charge is 0.246 e. The maximum Gasteiger partial charge on any atom is 0.246 e. The molecule has 0 spiro atoms. The highest BCUT2D eigenvalue weighted by Crippen LogP contribution is 2.26. The van der Waals surface area contributed by atoms with Gasteiger partial charge in [-0.2, -0.15) is 4.31 Å². The molecule has 1 heterocycles. The van der Waals surface area contributed by atoms with E-state index >= 15 is 0 Å². The van der Waals surface area contributed by atoms with E-state index in [2.05, 4.69) is 5.32 Å². The molecule has 1 aliphatic rings. The van der Waals surface area contributed by atoms with Gasteiger partial charge >= 0.3 is 0 Å². The zero-order chi connectivity index (χ0) is 14.0. The fraction of sp³-hybridized carbons (Fsp3) is 0.500. The quantitative estimate of drug-likeness (QED) is 0.927. The van der Waals surface area contributed by atoms with Crippen LogP contribution in [0, 0.1) is 5.82 Å². The average molecular weight is 307 g/mol. The topological polar surface area (TPSA) is 49.4 Å². The summed E-state index contributed by atoms with van der Waals surface area (Å²) in [5.41, 5.74) is 0. The summed E-state index contributed by atoms with van der Waals surface area (Å²) in [5.74, 6) is -0.889. The van der Waals surface area contributed by atoms with Gasteiger partial charge in [0.2, 0.25) is 10.0 Å². The Kier molecular flexibility index (Phi) is 4.45. The molecule has 7 heteroatoms. The maximum atomic E-state index is 13.9. The van der Waals surface area contributed by atoms with Crippen LogP contribution in [-0.2, 0) is 10.0 Å². The van der Waals surface area contributed by atoms with Gasteiger partial charge < -0.3 is 5.32 Å². The Hall–Kier alpha value is -0.690. The van der Waals surface area contributed by atoms with Crippen molar-refractivity contribution in [1.29, 1.82) is 0 Å². The number of halogens is 2. The maximum absolute atomic E-state index is 13.9. The Morgan fingerprint density at radius 2 is 2.21 bits per heavy atom. The van der Waals surface area contributed by atoms with E-state index in [1.807, 2.05) is 0 Å². The second-order valence-corrected chi connectivity index (χ2v) is 6.95. The molecule has 1 aromatic carbocycles. The standard InChI is InChI=1S/C12H16ClFN2O2S/c1-16(9-4-3-7-15-8-9)19(17,18)11-6-2-5-10(13)12(11)14/h2,5-6,9,15H,3-4,7-8H2,1H3. The van der Waals surface area contributed by atoms with Gasteiger partial charge in [0.25, 0.3) is 0 Å². The van der Waals surface area contributed by atoms with E-state index in [0.717, 1.165) is 19.4 Å². The first kappa shape index (κ1) is 14.7. The van der Waals surface area contributed by atoms with E-state index in [1.54, 1.807) is 0 Å². The van der Waals surface area contributed by atoms with Crippen LogP contribution in [-0.4, -0.2) is 38.9 Å². The van der Waals surface area contributed by atoms with E-state index in [9.17, 15) is 12.8 Å². The number of benzene rings is 1. The molecule has 0 bridgehead atoms. The molecule has 4 nitrogen and oxygen atoms in total. The van der Waals surface area contributed by atoms with Crippen molar-refractivity contribution in [3.05, 3.63) is 29.0 Å². The molecule has 1 fully saturated rings. The van der Waals surface area contributed by atoms with E-state index in [-0.39, 0.29) is 16.0 Å². The van der Waals surface area contributed by atoms with Crippen molar-refractivity contribution in [2.45, 2.75) is 23.8 Å². The van der Waals surface area contributed by atoms with Gasteiger partial charge in [-0.3, -0.25) is 0 Å². The summed E-state index contributed by atoms with van der Waals surface area (Å²) >= 11 is 5.64. The van der Waals surface area contributed by atoms with Crippen LogP contribution in [0.25, 0.3) is 0 Å². The van der Waals surface area contributed by atoms with Gasteiger partial charge in [0, 0.05) is 19.6 Å². The Morgan fingerprint density at radius 1 is 1.47 bits per heavy atom. The summed E-state index contributed by atoms with van der Waals surface area (Å²) in [5, 5.41) is 2.96. The lowest BCUT2D eigenvalue weighted by Gasteiger charge is -2.31. The molecule has 1 aromatic rings. The molecule has 1 aliphatic heterocycles. The fourth-order valence-electron chi connectivity index (χ4n) is 2.18. The second kappa shape index (κ2) is 5.75. The van der Waals surface area contributed by atoms with Crippen LogP contribution in [0.4, 0.5) is 4.39 Å². The van der Waals surface area contributed by atoms with Crippen LogP contribution in [0.2, 0.25) is 5.02 Å². The molecular formula is C12H16ClFN2O2S. The predicted octanol–water partition coefficient (Wildman–Crippen LogP) is 1.85. The van der Waals surface area contributed by atoms with Crippen LogP contribution >= 0.6 is 11.6 Å². The minimum absolute atomic E-state index is 0.155. The zero-order valence-corrected chi connectivity index (χ0v) is 12.1. The highest BCUT2D eigenvalue weighted by molar-refractivity contribution is 7.89. The highest BCUT2D eigenvalue weighted by atomic mass is 35.5. The van der Waals surface area contributed by atoms with Crippen molar-refractivity contribution < 1.29 is 12.8 Å². The highest BCUT2D eigenvalue weighted by Gasteiger charge is 2.31. The first-order valence-electron chi connectivity index (χ1n) is 6.07. The summed E-state index contributed by atoms with van der Waals surface area (Å²) < 4.78 is 39.9. The third kappa shape index (κ3) is 2.91. The SMILES string of the molecule is CN(C1CCCNC1)S(=O)(=O)c1cccc(Cl)c1F. The molecule has 1 unspecified atom stereocenters. The Labute approximate surface area is 117 Å². The number of nitrogens with one attached hydrogen (secondary N) is 1. The van der Waals surface area contributed by atoms with Crippen molar-refractivity contribution in [2.75, 3.05) is 20.1 Å². The number of nitrogens with zero attached hydrogens (tertiary/aromatic N) is 1. The molecule has 19 heavy (non-hydrogen) atoms. The Bertz CT molecular complexity index is 559. The van der Waals surface area contributed by atoms with Crippen molar-refractivity contribution >= 4 is 21.6 Å². The summed E-state index contributed by atoms with van der Waals surface area (Å²) in [4.78, 5) is -0.368. The molecule has 1 saturated heterocycles. The van der Waals surface area contributed by atoms with Crippen LogP contribution in [0.5, 0.6) is 0 Å². The van der Waals surface area contributed by atoms with Gasteiger partial charge in [0.1, 0.15) is 4.90 Å². The Balaban J connectivity index is 2.33. The van der Waals surface area contributed by atoms with Gasteiger partial charge in [-0.05, 0) is 31.5 Å². The summed E-state index contributed by atoms with van der Waals surface area (Å²) in [6.07, 6.45) is 1.67. The Morgan fingerprint density at radius 3 is 2.84 bits per heavy atom. The molecule has 0 radical (unpaired) electrons. The van der Waals surface area contributed by atoms with Gasteiger partial charge in [-0.15, -0.1) is 0 Å². The van der Waals surface area contributed by atoms with E-state index in [0.29, 0.717) is 6.54 Å². The van der Waals surface area contributed by atoms with E-state index < -0.39 is 15.8 Å². The first-order chi connectivity index (χ1) is 8.94. The lowest BCUT2D eigenvalue weighted by Crippen LogP contribution is -2.46. The lowest BCUT2D eigenvalue weighted by atomic mass is 10.1.